The zero-order valence-corrected chi connectivity index (χ0v) is 31.0. The van der Waals surface area contributed by atoms with Gasteiger partial charge in [-0.1, -0.05) is 91.5 Å². The lowest BCUT2D eigenvalue weighted by Gasteiger charge is -2.69. The van der Waals surface area contributed by atoms with Crippen LogP contribution in [-0.2, 0) is 9.53 Å². The van der Waals surface area contributed by atoms with E-state index in [2.05, 4.69) is 74.1 Å². The standard InChI is InChI=1S/C42H68O4/c1-11-12-13-14-15-16-17-18-31(27(2)3)19-20-32(39(44)45)37-34-25-35(43)38-40(8)23-21-29(6)30(7)33(40)22-24-41(38,9)42(34,10)26-36(37)46-28(4)5/h17-18,29-30,33-36,38,43H,4,11-16,19-26H2,1-3,5-10H3,(H,44,45)/b18-17+,37-32+/t29-,30+,33+,34+,35-,36?,38+,40+,41+,42+/m1/s1. The largest absolute Gasteiger partial charge is 0.491 e. The van der Waals surface area contributed by atoms with Crippen LogP contribution in [0.3, 0.4) is 0 Å². The minimum Gasteiger partial charge on any atom is -0.491 e. The van der Waals surface area contributed by atoms with Gasteiger partial charge in [0.05, 0.1) is 11.9 Å². The van der Waals surface area contributed by atoms with Crippen LogP contribution in [0.25, 0.3) is 0 Å². The lowest BCUT2D eigenvalue weighted by molar-refractivity contribution is -0.229. The number of carboxylic acid groups (broad SMARTS) is 1. The van der Waals surface area contributed by atoms with Crippen LogP contribution < -0.4 is 0 Å². The third kappa shape index (κ3) is 6.85. The number of fused-ring (bicyclic) bond motifs is 5. The Morgan fingerprint density at radius 3 is 2.33 bits per heavy atom. The summed E-state index contributed by atoms with van der Waals surface area (Å²) in [6, 6.07) is 0. The molecule has 4 nitrogen and oxygen atoms in total. The van der Waals surface area contributed by atoms with Crippen molar-refractivity contribution in [3.8, 4) is 0 Å². The van der Waals surface area contributed by atoms with Gasteiger partial charge in [0.25, 0.3) is 0 Å². The van der Waals surface area contributed by atoms with E-state index in [-0.39, 0.29) is 34.2 Å². The average molecular weight is 637 g/mol. The molecule has 0 radical (unpaired) electrons. The molecule has 2 N–H and O–H groups in total. The van der Waals surface area contributed by atoms with Crippen LogP contribution in [0.5, 0.6) is 0 Å². The molecule has 4 rings (SSSR count). The summed E-state index contributed by atoms with van der Waals surface area (Å²) in [4.78, 5) is 13.2. The van der Waals surface area contributed by atoms with Gasteiger partial charge in [0.1, 0.15) is 6.10 Å². The molecule has 0 aliphatic heterocycles. The van der Waals surface area contributed by atoms with Crippen molar-refractivity contribution in [3.05, 3.63) is 46.8 Å². The van der Waals surface area contributed by atoms with E-state index in [1.807, 2.05) is 6.92 Å². The third-order valence-electron chi connectivity index (χ3n) is 14.2. The first-order chi connectivity index (χ1) is 21.6. The second kappa shape index (κ2) is 14.8. The number of ether oxygens (including phenoxy) is 1. The summed E-state index contributed by atoms with van der Waals surface area (Å²) in [5.41, 5.74) is 3.74. The SMILES string of the molecule is C=C(C)OC1C[C@@]2(C)[C@@H](C[C@@H](O)[C@H]3[C@@]4(C)CC[C@@H](C)[C@H](C)[C@@H]4CC[C@@]32C)/C1=C(/CCC(/C=C/CCCCCCC)=C(C)C)C(=O)O. The van der Waals surface area contributed by atoms with E-state index in [1.54, 1.807) is 0 Å². The minimum absolute atomic E-state index is 0.0203. The molecule has 0 saturated heterocycles. The highest BCUT2D eigenvalue weighted by Crippen LogP contribution is 2.74. The maximum Gasteiger partial charge on any atom is 0.331 e. The average Bonchev–Trinajstić information content (AvgIpc) is 3.24. The Bertz CT molecular complexity index is 1200. The zero-order chi connectivity index (χ0) is 34.0. The van der Waals surface area contributed by atoms with Gasteiger partial charge in [0, 0.05) is 5.57 Å². The molecule has 4 heteroatoms. The predicted molar refractivity (Wildman–Crippen MR) is 191 cm³/mol. The maximum absolute atomic E-state index is 13.2. The first-order valence-electron chi connectivity index (χ1n) is 18.9. The first kappa shape index (κ1) is 37.0. The number of aliphatic carboxylic acids is 1. The minimum atomic E-state index is -0.838. The molecule has 4 fully saturated rings. The Labute approximate surface area is 282 Å². The van der Waals surface area contributed by atoms with Crippen LogP contribution >= 0.6 is 0 Å². The number of hydrogen-bond donors (Lipinski definition) is 2. The van der Waals surface area contributed by atoms with Crippen molar-refractivity contribution in [1.29, 1.82) is 0 Å². The molecule has 46 heavy (non-hydrogen) atoms. The Morgan fingerprint density at radius 1 is 1.00 bits per heavy atom. The Kier molecular flexibility index (Phi) is 11.9. The number of aliphatic hydroxyl groups is 1. The molecule has 0 bridgehead atoms. The van der Waals surface area contributed by atoms with Crippen LogP contribution in [0.2, 0.25) is 0 Å². The molecule has 10 atom stereocenters. The van der Waals surface area contributed by atoms with E-state index < -0.39 is 12.1 Å². The molecule has 4 aliphatic rings. The number of allylic oxidation sites excluding steroid dienone is 5. The van der Waals surface area contributed by atoms with Gasteiger partial charge in [-0.2, -0.15) is 0 Å². The van der Waals surface area contributed by atoms with E-state index in [1.165, 1.54) is 62.5 Å². The van der Waals surface area contributed by atoms with Gasteiger partial charge in [-0.3, -0.25) is 0 Å². The van der Waals surface area contributed by atoms with Gasteiger partial charge in [0.2, 0.25) is 0 Å². The molecule has 4 aliphatic carbocycles. The second-order valence-corrected chi connectivity index (χ2v) is 17.1. The molecular formula is C42H68O4. The van der Waals surface area contributed by atoms with Crippen LogP contribution in [0.1, 0.15) is 152 Å². The molecule has 0 aromatic heterocycles. The van der Waals surface area contributed by atoms with Gasteiger partial charge in [-0.05, 0) is 142 Å². The summed E-state index contributed by atoms with van der Waals surface area (Å²) < 4.78 is 6.49. The fraction of sp³-hybridized carbons (Fsp3) is 0.786. The maximum atomic E-state index is 13.2. The molecule has 260 valence electrons. The van der Waals surface area contributed by atoms with Gasteiger partial charge in [0.15, 0.2) is 0 Å². The molecule has 0 aromatic carbocycles. The van der Waals surface area contributed by atoms with Crippen LogP contribution in [0, 0.1) is 45.8 Å². The van der Waals surface area contributed by atoms with Crippen molar-refractivity contribution in [3.63, 3.8) is 0 Å². The van der Waals surface area contributed by atoms with E-state index in [9.17, 15) is 15.0 Å². The molecule has 0 heterocycles. The van der Waals surface area contributed by atoms with Gasteiger partial charge < -0.3 is 14.9 Å². The van der Waals surface area contributed by atoms with E-state index in [0.29, 0.717) is 42.4 Å². The number of rotatable bonds is 13. The van der Waals surface area contributed by atoms with Crippen molar-refractivity contribution < 1.29 is 19.7 Å². The molecule has 0 aromatic rings. The van der Waals surface area contributed by atoms with Gasteiger partial charge in [-0.15, -0.1) is 0 Å². The molecule has 0 amide bonds. The summed E-state index contributed by atoms with van der Waals surface area (Å²) in [5.74, 6) is 2.00. The van der Waals surface area contributed by atoms with E-state index in [4.69, 9.17) is 4.74 Å². The zero-order valence-electron chi connectivity index (χ0n) is 31.0. The smallest absolute Gasteiger partial charge is 0.331 e. The highest BCUT2D eigenvalue weighted by Gasteiger charge is 2.70. The summed E-state index contributed by atoms with van der Waals surface area (Å²) in [6.45, 7) is 24.7. The van der Waals surface area contributed by atoms with Crippen molar-refractivity contribution in [1.82, 2.24) is 0 Å². The van der Waals surface area contributed by atoms with Crippen molar-refractivity contribution in [2.75, 3.05) is 0 Å². The number of aliphatic hydroxyl groups excluding tert-OH is 1. The topological polar surface area (TPSA) is 66.8 Å². The van der Waals surface area contributed by atoms with Crippen LogP contribution in [0.15, 0.2) is 46.8 Å². The highest BCUT2D eigenvalue weighted by atomic mass is 16.5. The summed E-state index contributed by atoms with van der Waals surface area (Å²) in [5, 5.41) is 23.0. The number of carboxylic acids is 1. The monoisotopic (exact) mass is 637 g/mol. The van der Waals surface area contributed by atoms with E-state index in [0.717, 1.165) is 30.8 Å². The Hall–Kier alpha value is -1.81. The molecule has 0 spiro atoms. The van der Waals surface area contributed by atoms with Crippen LogP contribution in [0.4, 0.5) is 0 Å². The van der Waals surface area contributed by atoms with E-state index >= 15 is 0 Å². The number of hydrogen-bond acceptors (Lipinski definition) is 3. The molecule has 1 unspecified atom stereocenters. The highest BCUT2D eigenvalue weighted by molar-refractivity contribution is 5.88. The normalized spacial score (nSPS) is 39.7. The lowest BCUT2D eigenvalue weighted by Crippen LogP contribution is -2.65. The van der Waals surface area contributed by atoms with Gasteiger partial charge >= 0.3 is 5.97 Å². The second-order valence-electron chi connectivity index (χ2n) is 17.1. The van der Waals surface area contributed by atoms with Gasteiger partial charge in [-0.25, -0.2) is 4.79 Å². The Balaban J connectivity index is 1.67. The fourth-order valence-electron chi connectivity index (χ4n) is 11.4. The number of unbranched alkanes of at least 4 members (excludes halogenated alkanes) is 5. The summed E-state index contributed by atoms with van der Waals surface area (Å²) in [7, 11) is 0. The van der Waals surface area contributed by atoms with Crippen molar-refractivity contribution in [2.24, 2.45) is 45.8 Å². The summed E-state index contributed by atoms with van der Waals surface area (Å²) in [6.07, 6.45) is 18.4. The quantitative estimate of drug-likeness (QED) is 0.0913. The Morgan fingerprint density at radius 2 is 1.70 bits per heavy atom. The lowest BCUT2D eigenvalue weighted by atomic mass is 9.36. The number of carbonyl (C=O) groups is 1. The molecule has 4 saturated carbocycles. The van der Waals surface area contributed by atoms with Crippen LogP contribution in [-0.4, -0.2) is 28.4 Å². The van der Waals surface area contributed by atoms with Crippen molar-refractivity contribution >= 4 is 5.97 Å². The molecular weight excluding hydrogens is 568 g/mol. The fourth-order valence-corrected chi connectivity index (χ4v) is 11.4. The first-order valence-corrected chi connectivity index (χ1v) is 18.9. The van der Waals surface area contributed by atoms with Crippen molar-refractivity contribution in [2.45, 2.75) is 164 Å². The predicted octanol–water partition coefficient (Wildman–Crippen LogP) is 11.2. The summed E-state index contributed by atoms with van der Waals surface area (Å²) >= 11 is 0. The third-order valence-corrected chi connectivity index (χ3v) is 14.2.